The van der Waals surface area contributed by atoms with E-state index in [-0.39, 0.29) is 47.2 Å². The number of hydrogen-bond donors (Lipinski definition) is 1. The number of piperazine rings is 1. The quantitative estimate of drug-likeness (QED) is 0.432. The van der Waals surface area contributed by atoms with E-state index < -0.39 is 23.0 Å². The molecule has 1 atom stereocenters. The van der Waals surface area contributed by atoms with Gasteiger partial charge in [0.15, 0.2) is 11.2 Å². The van der Waals surface area contributed by atoms with Gasteiger partial charge < -0.3 is 14.4 Å². The summed E-state index contributed by atoms with van der Waals surface area (Å²) in [6, 6.07) is 3.83. The lowest BCUT2D eigenvalue weighted by atomic mass is 10.1. The van der Waals surface area contributed by atoms with Crippen LogP contribution in [-0.4, -0.2) is 58.2 Å². The number of amides is 2. The fourth-order valence-corrected chi connectivity index (χ4v) is 4.49. The molecule has 1 aliphatic heterocycles. The topological polar surface area (TPSA) is 99.9 Å². The molecule has 3 heterocycles. The molecular formula is C25H26F2N6O3. The van der Waals surface area contributed by atoms with Gasteiger partial charge in [0.2, 0.25) is 5.91 Å². The molecule has 2 aromatic heterocycles. The third kappa shape index (κ3) is 4.68. The molecule has 188 valence electrons. The third-order valence-electron chi connectivity index (χ3n) is 6.26. The molecule has 9 nitrogen and oxygen atoms in total. The lowest BCUT2D eigenvalue weighted by Crippen LogP contribution is -2.54. The monoisotopic (exact) mass is 496 g/mol. The zero-order valence-corrected chi connectivity index (χ0v) is 20.2. The summed E-state index contributed by atoms with van der Waals surface area (Å²) in [6.07, 6.45) is 5.50. The average molecular weight is 497 g/mol. The maximum absolute atomic E-state index is 15.8. The van der Waals surface area contributed by atoms with Crippen molar-refractivity contribution in [1.29, 1.82) is 0 Å². The smallest absolute Gasteiger partial charge is 0.271 e. The van der Waals surface area contributed by atoms with Crippen molar-refractivity contribution in [1.82, 2.24) is 19.9 Å². The number of aryl methyl sites for hydroxylation is 1. The molecule has 1 N–H and O–H groups in total. The second-order valence-electron chi connectivity index (χ2n) is 8.56. The Morgan fingerprint density at radius 1 is 1.25 bits per heavy atom. The predicted molar refractivity (Wildman–Crippen MR) is 132 cm³/mol. The number of halogens is 2. The molecule has 0 radical (unpaired) electrons. The minimum absolute atomic E-state index is 0.0153. The van der Waals surface area contributed by atoms with Gasteiger partial charge in [-0.25, -0.2) is 14.2 Å². The lowest BCUT2D eigenvalue weighted by Gasteiger charge is -2.40. The molecule has 1 aliphatic rings. The Morgan fingerprint density at radius 2 is 1.97 bits per heavy atom. The van der Waals surface area contributed by atoms with Crippen LogP contribution in [0.1, 0.15) is 36.7 Å². The number of hydrogen-bond acceptors (Lipinski definition) is 6. The molecular weight excluding hydrogens is 470 g/mol. The molecule has 0 saturated carbocycles. The number of hydrazone groups is 1. The van der Waals surface area contributed by atoms with Crippen molar-refractivity contribution in [3.63, 3.8) is 0 Å². The van der Waals surface area contributed by atoms with Crippen molar-refractivity contribution in [3.05, 3.63) is 69.8 Å². The van der Waals surface area contributed by atoms with Crippen LogP contribution in [0.25, 0.3) is 10.9 Å². The van der Waals surface area contributed by atoms with E-state index in [1.807, 2.05) is 6.92 Å². The van der Waals surface area contributed by atoms with E-state index in [1.165, 1.54) is 42.2 Å². The van der Waals surface area contributed by atoms with Crippen LogP contribution in [-0.2, 0) is 11.3 Å². The van der Waals surface area contributed by atoms with Crippen LogP contribution >= 0.6 is 0 Å². The summed E-state index contributed by atoms with van der Waals surface area (Å²) in [7, 11) is 0. The van der Waals surface area contributed by atoms with Gasteiger partial charge in [-0.05, 0) is 32.0 Å². The highest BCUT2D eigenvalue weighted by molar-refractivity contribution is 5.95. The van der Waals surface area contributed by atoms with Gasteiger partial charge in [0, 0.05) is 63.3 Å². The van der Waals surface area contributed by atoms with Gasteiger partial charge >= 0.3 is 0 Å². The largest absolute Gasteiger partial charge is 0.363 e. The van der Waals surface area contributed by atoms with Gasteiger partial charge in [-0.1, -0.05) is 0 Å². The highest BCUT2D eigenvalue weighted by Crippen LogP contribution is 2.31. The summed E-state index contributed by atoms with van der Waals surface area (Å²) >= 11 is 0. The number of pyridine rings is 2. The molecule has 2 amide bonds. The summed E-state index contributed by atoms with van der Waals surface area (Å²) in [5.41, 5.74) is 1.87. The second-order valence-corrected chi connectivity index (χ2v) is 8.56. The Morgan fingerprint density at radius 3 is 2.61 bits per heavy atom. The number of anilines is 1. The summed E-state index contributed by atoms with van der Waals surface area (Å²) in [5.74, 6) is -2.27. The molecule has 0 aliphatic carbocycles. The highest BCUT2D eigenvalue weighted by atomic mass is 19.1. The predicted octanol–water partition coefficient (Wildman–Crippen LogP) is 2.52. The SMILES string of the molecule is CCn1cc(/C=N/NC(=O)c2ccncc2)c(=O)c2cc(F)c(N3CCN(C(C)=O)C(C)C3)c(F)c21. The van der Waals surface area contributed by atoms with Crippen molar-refractivity contribution >= 4 is 34.6 Å². The van der Waals surface area contributed by atoms with Crippen LogP contribution in [0, 0.1) is 11.6 Å². The number of carbonyl (C=O) groups excluding carboxylic acids is 2. The van der Waals surface area contributed by atoms with Gasteiger partial charge in [-0.3, -0.25) is 19.4 Å². The van der Waals surface area contributed by atoms with E-state index in [9.17, 15) is 14.4 Å². The zero-order valence-electron chi connectivity index (χ0n) is 20.2. The van der Waals surface area contributed by atoms with Crippen LogP contribution in [0.5, 0.6) is 0 Å². The average Bonchev–Trinajstić information content (AvgIpc) is 2.86. The standard InChI is InChI=1S/C25H26F2N6O3/c1-4-31-14-18(12-29-30-25(36)17-5-7-28-8-6-17)24(35)19-11-20(26)23(21(27)22(19)31)32-9-10-33(16(3)34)15(2)13-32/h5-8,11-12,14-15H,4,9-10,13H2,1-3H3,(H,30,36)/b29-12+. The van der Waals surface area contributed by atoms with Gasteiger partial charge in [-0.15, -0.1) is 0 Å². The van der Waals surface area contributed by atoms with E-state index >= 15 is 8.78 Å². The molecule has 0 spiro atoms. The van der Waals surface area contributed by atoms with E-state index in [0.717, 1.165) is 12.3 Å². The first-order valence-electron chi connectivity index (χ1n) is 11.5. The number of nitrogens with zero attached hydrogens (tertiary/aromatic N) is 5. The van der Waals surface area contributed by atoms with Crippen molar-refractivity contribution < 1.29 is 18.4 Å². The Balaban J connectivity index is 1.69. The summed E-state index contributed by atoms with van der Waals surface area (Å²) in [6.45, 7) is 6.23. The van der Waals surface area contributed by atoms with E-state index in [0.29, 0.717) is 18.7 Å². The van der Waals surface area contributed by atoms with E-state index in [2.05, 4.69) is 15.5 Å². The molecule has 1 saturated heterocycles. The van der Waals surface area contributed by atoms with Crippen molar-refractivity contribution in [2.75, 3.05) is 24.5 Å². The van der Waals surface area contributed by atoms with Crippen molar-refractivity contribution in [2.24, 2.45) is 5.10 Å². The van der Waals surface area contributed by atoms with Crippen molar-refractivity contribution in [2.45, 2.75) is 33.4 Å². The number of benzene rings is 1. The first-order chi connectivity index (χ1) is 17.2. The first-order valence-corrected chi connectivity index (χ1v) is 11.5. The van der Waals surface area contributed by atoms with Crippen LogP contribution in [0.2, 0.25) is 0 Å². The number of nitrogens with one attached hydrogen (secondary N) is 1. The fourth-order valence-electron chi connectivity index (χ4n) is 4.49. The van der Waals surface area contributed by atoms with Gasteiger partial charge in [0.05, 0.1) is 22.7 Å². The normalized spacial score (nSPS) is 16.1. The van der Waals surface area contributed by atoms with Crippen LogP contribution < -0.4 is 15.8 Å². The lowest BCUT2D eigenvalue weighted by molar-refractivity contribution is -0.131. The molecule has 0 bridgehead atoms. The third-order valence-corrected chi connectivity index (χ3v) is 6.26. The van der Waals surface area contributed by atoms with Crippen molar-refractivity contribution in [3.8, 4) is 0 Å². The van der Waals surface area contributed by atoms with Crippen LogP contribution in [0.15, 0.2) is 46.7 Å². The van der Waals surface area contributed by atoms with E-state index in [1.54, 1.807) is 16.7 Å². The number of rotatable bonds is 5. The second kappa shape index (κ2) is 10.2. The molecule has 1 fully saturated rings. The Labute approximate surface area is 206 Å². The molecule has 3 aromatic rings. The summed E-state index contributed by atoms with van der Waals surface area (Å²) in [4.78, 5) is 44.1. The summed E-state index contributed by atoms with van der Waals surface area (Å²) < 4.78 is 32.5. The van der Waals surface area contributed by atoms with Crippen LogP contribution in [0.4, 0.5) is 14.5 Å². The molecule has 11 heteroatoms. The maximum atomic E-state index is 15.8. The van der Waals surface area contributed by atoms with Gasteiger partial charge in [0.25, 0.3) is 5.91 Å². The minimum atomic E-state index is -0.858. The first kappa shape index (κ1) is 25.0. The molecule has 4 rings (SSSR count). The summed E-state index contributed by atoms with van der Waals surface area (Å²) in [5, 5.41) is 3.71. The minimum Gasteiger partial charge on any atom is -0.363 e. The molecule has 1 aromatic carbocycles. The number of carbonyl (C=O) groups is 2. The van der Waals surface area contributed by atoms with Gasteiger partial charge in [-0.2, -0.15) is 5.10 Å². The maximum Gasteiger partial charge on any atom is 0.271 e. The zero-order chi connectivity index (χ0) is 26.0. The highest BCUT2D eigenvalue weighted by Gasteiger charge is 2.30. The Kier molecular flexibility index (Phi) is 7.09. The molecule has 36 heavy (non-hydrogen) atoms. The molecule has 1 unspecified atom stereocenters. The number of aromatic nitrogens is 2. The number of fused-ring (bicyclic) bond motifs is 1. The van der Waals surface area contributed by atoms with Gasteiger partial charge in [0.1, 0.15) is 11.5 Å². The Bertz CT molecular complexity index is 1410. The Hall–Kier alpha value is -4.15. The van der Waals surface area contributed by atoms with E-state index in [4.69, 9.17) is 0 Å². The fraction of sp³-hybridized carbons (Fsp3) is 0.320. The van der Waals surface area contributed by atoms with Crippen LogP contribution in [0.3, 0.4) is 0 Å².